The Balaban J connectivity index is 2.48. The topological polar surface area (TPSA) is 112 Å². The first-order chi connectivity index (χ1) is 18.6. The number of alkyl carbamates (subject to hydrolysis) is 1. The molecular formula is C31H38N4O4. The Bertz CT molecular complexity index is 1170. The first-order valence-electron chi connectivity index (χ1n) is 13.1. The number of carbonyl (C=O) groups is 3. The average molecular weight is 531 g/mol. The summed E-state index contributed by atoms with van der Waals surface area (Å²) >= 11 is 0. The second kappa shape index (κ2) is 15.2. The molecule has 206 valence electrons. The predicted octanol–water partition coefficient (Wildman–Crippen LogP) is 4.50. The Kier molecular flexibility index (Phi) is 12.0. The first-order valence-corrected chi connectivity index (χ1v) is 13.1. The number of unbranched alkanes of at least 4 members (excludes halogenated alkanes) is 2. The van der Waals surface area contributed by atoms with E-state index in [0.29, 0.717) is 17.7 Å². The molecule has 0 radical (unpaired) electrons. The highest BCUT2D eigenvalue weighted by molar-refractivity contribution is 5.92. The maximum Gasteiger partial charge on any atom is 0.408 e. The fraction of sp³-hybridized carbons (Fsp3) is 0.419. The van der Waals surface area contributed by atoms with Gasteiger partial charge in [0.15, 0.2) is 0 Å². The van der Waals surface area contributed by atoms with Crippen molar-refractivity contribution in [3.05, 3.63) is 71.3 Å². The Morgan fingerprint density at radius 2 is 1.72 bits per heavy atom. The lowest BCUT2D eigenvalue weighted by Gasteiger charge is -2.33. The van der Waals surface area contributed by atoms with Gasteiger partial charge in [-0.15, -0.1) is 6.42 Å². The number of nitrogens with zero attached hydrogens (tertiary/aromatic N) is 2. The Hall–Kier alpha value is -4.30. The third kappa shape index (κ3) is 10.2. The van der Waals surface area contributed by atoms with Crippen LogP contribution in [0.25, 0.3) is 0 Å². The van der Waals surface area contributed by atoms with E-state index in [2.05, 4.69) is 23.5 Å². The highest BCUT2D eigenvalue weighted by Crippen LogP contribution is 2.24. The zero-order chi connectivity index (χ0) is 28.8. The van der Waals surface area contributed by atoms with E-state index in [-0.39, 0.29) is 13.0 Å². The number of hydrogen-bond acceptors (Lipinski definition) is 5. The Morgan fingerprint density at radius 1 is 1.05 bits per heavy atom. The zero-order valence-electron chi connectivity index (χ0n) is 23.2. The fourth-order valence-electron chi connectivity index (χ4n) is 3.99. The van der Waals surface area contributed by atoms with Gasteiger partial charge in [0, 0.05) is 18.5 Å². The molecule has 39 heavy (non-hydrogen) atoms. The SMILES string of the molecule is C#Cc1ccc(C(C(=O)NCCCCC)N(CC#N)C(=O)C(Cc2ccccc2)NC(=O)OC(C)(C)C)cc1. The standard InChI is InChI=1S/C31H38N4O4/c1-6-8-12-20-33-28(36)27(25-17-15-23(7-2)16-18-25)35(21-19-32)29(37)26(22-24-13-10-9-11-14-24)34-30(38)39-31(3,4)5/h2,9-11,13-18,26-27H,6,8,12,20-22H2,1,3-5H3,(H,33,36)(H,34,38). The molecule has 2 aromatic rings. The molecule has 0 saturated heterocycles. The quantitative estimate of drug-likeness (QED) is 0.238. The summed E-state index contributed by atoms with van der Waals surface area (Å²) in [4.78, 5) is 41.5. The van der Waals surface area contributed by atoms with Gasteiger partial charge < -0.3 is 20.3 Å². The molecule has 8 nitrogen and oxygen atoms in total. The number of ether oxygens (including phenoxy) is 1. The summed E-state index contributed by atoms with van der Waals surface area (Å²) in [6.45, 7) is 7.30. The molecule has 2 aromatic carbocycles. The number of nitriles is 1. The number of rotatable bonds is 12. The van der Waals surface area contributed by atoms with Crippen LogP contribution in [-0.2, 0) is 20.7 Å². The smallest absolute Gasteiger partial charge is 0.408 e. The van der Waals surface area contributed by atoms with Crippen molar-refractivity contribution in [3.8, 4) is 18.4 Å². The van der Waals surface area contributed by atoms with Crippen LogP contribution in [0, 0.1) is 23.7 Å². The van der Waals surface area contributed by atoms with Crippen LogP contribution in [0.5, 0.6) is 0 Å². The minimum Gasteiger partial charge on any atom is -0.444 e. The van der Waals surface area contributed by atoms with Gasteiger partial charge in [-0.1, -0.05) is 68.2 Å². The zero-order valence-corrected chi connectivity index (χ0v) is 23.2. The maximum absolute atomic E-state index is 14.0. The van der Waals surface area contributed by atoms with E-state index in [4.69, 9.17) is 11.2 Å². The Morgan fingerprint density at radius 3 is 2.28 bits per heavy atom. The summed E-state index contributed by atoms with van der Waals surface area (Å²) in [6, 6.07) is 15.7. The third-order valence-electron chi connectivity index (χ3n) is 5.83. The molecule has 0 aromatic heterocycles. The molecule has 0 aliphatic carbocycles. The largest absolute Gasteiger partial charge is 0.444 e. The van der Waals surface area contributed by atoms with Gasteiger partial charge in [-0.3, -0.25) is 9.59 Å². The summed E-state index contributed by atoms with van der Waals surface area (Å²) < 4.78 is 5.41. The average Bonchev–Trinajstić information content (AvgIpc) is 2.90. The van der Waals surface area contributed by atoms with E-state index < -0.39 is 35.6 Å². The van der Waals surface area contributed by atoms with Crippen LogP contribution < -0.4 is 10.6 Å². The van der Waals surface area contributed by atoms with Gasteiger partial charge in [-0.05, 0) is 50.5 Å². The molecule has 0 saturated carbocycles. The van der Waals surface area contributed by atoms with Crippen LogP contribution >= 0.6 is 0 Å². The van der Waals surface area contributed by atoms with Gasteiger partial charge in [0.2, 0.25) is 11.8 Å². The molecule has 0 fully saturated rings. The highest BCUT2D eigenvalue weighted by atomic mass is 16.6. The van der Waals surface area contributed by atoms with Gasteiger partial charge in [-0.2, -0.15) is 5.26 Å². The molecular weight excluding hydrogens is 492 g/mol. The van der Waals surface area contributed by atoms with Gasteiger partial charge in [0.05, 0.1) is 6.07 Å². The Labute approximate surface area is 231 Å². The number of carbonyl (C=O) groups excluding carboxylic acids is 3. The van der Waals surface area contributed by atoms with Crippen LogP contribution in [0.15, 0.2) is 54.6 Å². The van der Waals surface area contributed by atoms with Crippen molar-refractivity contribution < 1.29 is 19.1 Å². The van der Waals surface area contributed by atoms with Crippen LogP contribution in [0.4, 0.5) is 4.79 Å². The van der Waals surface area contributed by atoms with Gasteiger partial charge in [-0.25, -0.2) is 4.79 Å². The summed E-state index contributed by atoms with van der Waals surface area (Å²) in [5.41, 5.74) is 1.13. The third-order valence-corrected chi connectivity index (χ3v) is 5.83. The summed E-state index contributed by atoms with van der Waals surface area (Å²) in [5.74, 6) is 1.54. The van der Waals surface area contributed by atoms with E-state index >= 15 is 0 Å². The second-order valence-electron chi connectivity index (χ2n) is 10.2. The number of benzene rings is 2. The molecule has 3 amide bonds. The molecule has 2 unspecified atom stereocenters. The minimum absolute atomic E-state index is 0.141. The molecule has 0 aliphatic heterocycles. The van der Waals surface area contributed by atoms with Crippen molar-refractivity contribution in [2.75, 3.05) is 13.1 Å². The minimum atomic E-state index is -1.11. The van der Waals surface area contributed by atoms with Gasteiger partial charge in [0.25, 0.3) is 0 Å². The molecule has 2 N–H and O–H groups in total. The summed E-state index contributed by atoms with van der Waals surface area (Å²) in [6.07, 6.45) is 7.59. The molecule has 0 aliphatic rings. The van der Waals surface area contributed by atoms with Crippen molar-refractivity contribution in [1.82, 2.24) is 15.5 Å². The monoisotopic (exact) mass is 530 g/mol. The van der Waals surface area contributed by atoms with Gasteiger partial charge >= 0.3 is 6.09 Å². The molecule has 0 spiro atoms. The number of terminal acetylenes is 1. The lowest BCUT2D eigenvalue weighted by atomic mass is 9.99. The van der Waals surface area contributed by atoms with Crippen LogP contribution in [-0.4, -0.2) is 47.5 Å². The van der Waals surface area contributed by atoms with Crippen molar-refractivity contribution in [2.45, 2.75) is 71.1 Å². The van der Waals surface area contributed by atoms with Crippen molar-refractivity contribution in [3.63, 3.8) is 0 Å². The summed E-state index contributed by atoms with van der Waals surface area (Å²) in [7, 11) is 0. The second-order valence-corrected chi connectivity index (χ2v) is 10.2. The van der Waals surface area contributed by atoms with E-state index in [0.717, 1.165) is 24.8 Å². The fourth-order valence-corrected chi connectivity index (χ4v) is 3.99. The van der Waals surface area contributed by atoms with E-state index in [9.17, 15) is 19.6 Å². The first kappa shape index (κ1) is 30.9. The van der Waals surface area contributed by atoms with Crippen LogP contribution in [0.3, 0.4) is 0 Å². The highest BCUT2D eigenvalue weighted by Gasteiger charge is 2.36. The number of nitrogens with one attached hydrogen (secondary N) is 2. The molecule has 0 bridgehead atoms. The lowest BCUT2D eigenvalue weighted by Crippen LogP contribution is -2.54. The van der Waals surface area contributed by atoms with Crippen molar-refractivity contribution in [2.24, 2.45) is 0 Å². The normalized spacial score (nSPS) is 12.3. The van der Waals surface area contributed by atoms with E-state index in [1.165, 1.54) is 4.90 Å². The molecule has 0 heterocycles. The van der Waals surface area contributed by atoms with Crippen molar-refractivity contribution in [1.29, 1.82) is 5.26 Å². The van der Waals surface area contributed by atoms with Crippen LogP contribution in [0.2, 0.25) is 0 Å². The van der Waals surface area contributed by atoms with E-state index in [1.807, 2.05) is 36.4 Å². The number of hydrogen-bond donors (Lipinski definition) is 2. The maximum atomic E-state index is 14.0. The molecule has 2 atom stereocenters. The van der Waals surface area contributed by atoms with Crippen molar-refractivity contribution >= 4 is 17.9 Å². The van der Waals surface area contributed by atoms with Gasteiger partial charge in [0.1, 0.15) is 24.2 Å². The number of amides is 3. The van der Waals surface area contributed by atoms with Crippen LogP contribution in [0.1, 0.15) is 69.7 Å². The lowest BCUT2D eigenvalue weighted by molar-refractivity contribution is -0.141. The predicted molar refractivity (Wildman–Crippen MR) is 150 cm³/mol. The summed E-state index contributed by atoms with van der Waals surface area (Å²) in [5, 5.41) is 15.3. The van der Waals surface area contributed by atoms with E-state index in [1.54, 1.807) is 45.0 Å². The molecule has 2 rings (SSSR count). The molecule has 8 heteroatoms.